The molecule has 0 atom stereocenters. The predicted molar refractivity (Wildman–Crippen MR) is 118 cm³/mol. The Morgan fingerprint density at radius 1 is 1.03 bits per heavy atom. The molecule has 150 valence electrons. The maximum Gasteiger partial charge on any atom is 0.138 e. The topological polar surface area (TPSA) is 59.7 Å². The number of imidazole rings is 1. The molecule has 0 aliphatic carbocycles. The zero-order valence-electron chi connectivity index (χ0n) is 16.9. The molecule has 0 spiro atoms. The van der Waals surface area contributed by atoms with Gasteiger partial charge in [0.05, 0.1) is 10.7 Å². The van der Waals surface area contributed by atoms with E-state index in [9.17, 15) is 0 Å². The van der Waals surface area contributed by atoms with Gasteiger partial charge in [0.1, 0.15) is 18.0 Å². The number of halogens is 1. The van der Waals surface area contributed by atoms with Gasteiger partial charge in [0.25, 0.3) is 0 Å². The molecule has 4 aromatic rings. The Morgan fingerprint density at radius 3 is 2.73 bits per heavy atom. The summed E-state index contributed by atoms with van der Waals surface area (Å²) in [6, 6.07) is 8.35. The van der Waals surface area contributed by atoms with Gasteiger partial charge in [-0.25, -0.2) is 15.0 Å². The first-order valence-electron chi connectivity index (χ1n) is 9.90. The van der Waals surface area contributed by atoms with E-state index in [0.717, 1.165) is 59.2 Å². The number of fused-ring (bicyclic) bond motifs is 1. The van der Waals surface area contributed by atoms with Gasteiger partial charge in [-0.15, -0.1) is 0 Å². The van der Waals surface area contributed by atoms with E-state index in [4.69, 9.17) is 16.6 Å². The third-order valence-corrected chi connectivity index (χ3v) is 5.74. The van der Waals surface area contributed by atoms with Crippen molar-refractivity contribution in [3.05, 3.63) is 82.8 Å². The Morgan fingerprint density at radius 2 is 1.93 bits per heavy atom. The van der Waals surface area contributed by atoms with E-state index in [0.29, 0.717) is 5.02 Å². The van der Waals surface area contributed by atoms with Gasteiger partial charge in [-0.3, -0.25) is 9.55 Å². The molecule has 4 aromatic heterocycles. The molecule has 0 amide bonds. The van der Waals surface area contributed by atoms with E-state index < -0.39 is 0 Å². The smallest absolute Gasteiger partial charge is 0.138 e. The van der Waals surface area contributed by atoms with E-state index >= 15 is 0 Å². The average Bonchev–Trinajstić information content (AvgIpc) is 3.29. The number of hydrogen-bond donors (Lipinski definition) is 0. The fourth-order valence-electron chi connectivity index (χ4n) is 3.92. The molecule has 30 heavy (non-hydrogen) atoms. The summed E-state index contributed by atoms with van der Waals surface area (Å²) in [6.07, 6.45) is 9.90. The highest BCUT2D eigenvalue weighted by Gasteiger charge is 2.21. The minimum Gasteiger partial charge on any atom is -0.352 e. The van der Waals surface area contributed by atoms with Gasteiger partial charge in [0.2, 0.25) is 0 Å². The Hall–Kier alpha value is -3.25. The van der Waals surface area contributed by atoms with Crippen LogP contribution >= 0.6 is 11.6 Å². The van der Waals surface area contributed by atoms with Gasteiger partial charge < -0.3 is 4.90 Å². The largest absolute Gasteiger partial charge is 0.352 e. The van der Waals surface area contributed by atoms with Crippen LogP contribution in [0, 0.1) is 13.8 Å². The minimum absolute atomic E-state index is 0.613. The van der Waals surface area contributed by atoms with Crippen LogP contribution in [0.15, 0.2) is 55.4 Å². The number of pyridine rings is 3. The number of rotatable bonds is 3. The van der Waals surface area contributed by atoms with E-state index in [-0.39, 0.29) is 0 Å². The second-order valence-electron chi connectivity index (χ2n) is 7.62. The van der Waals surface area contributed by atoms with Crippen LogP contribution in [0.4, 0.5) is 5.82 Å². The highest BCUT2D eigenvalue weighted by atomic mass is 35.5. The second-order valence-corrected chi connectivity index (χ2v) is 8.02. The van der Waals surface area contributed by atoms with E-state index in [1.807, 2.05) is 36.0 Å². The summed E-state index contributed by atoms with van der Waals surface area (Å²) in [7, 11) is 0. The van der Waals surface area contributed by atoms with Crippen LogP contribution in [0.1, 0.15) is 22.4 Å². The summed E-state index contributed by atoms with van der Waals surface area (Å²) in [4.78, 5) is 20.4. The normalized spacial score (nSPS) is 13.4. The summed E-state index contributed by atoms with van der Waals surface area (Å²) in [6.45, 7) is 5.72. The summed E-state index contributed by atoms with van der Waals surface area (Å²) < 4.78 is 1.93. The first-order chi connectivity index (χ1) is 14.6. The molecule has 6 nitrogen and oxygen atoms in total. The van der Waals surface area contributed by atoms with Crippen molar-refractivity contribution in [3.63, 3.8) is 0 Å². The highest BCUT2D eigenvalue weighted by Crippen LogP contribution is 2.32. The molecule has 5 rings (SSSR count). The van der Waals surface area contributed by atoms with Crippen LogP contribution in [0.3, 0.4) is 0 Å². The number of hydrogen-bond acceptors (Lipinski definition) is 5. The lowest BCUT2D eigenvalue weighted by Gasteiger charge is -2.30. The van der Waals surface area contributed by atoms with Crippen molar-refractivity contribution in [1.82, 2.24) is 24.5 Å². The molecule has 1 aliphatic rings. The second kappa shape index (κ2) is 7.54. The maximum absolute atomic E-state index is 6.49. The number of anilines is 1. The Bertz CT molecular complexity index is 1220. The number of aryl methyl sites for hydroxylation is 2. The van der Waals surface area contributed by atoms with Gasteiger partial charge in [0, 0.05) is 55.6 Å². The fourth-order valence-corrected chi connectivity index (χ4v) is 4.11. The van der Waals surface area contributed by atoms with Crippen LogP contribution < -0.4 is 4.90 Å². The quantitative estimate of drug-likeness (QED) is 0.490. The molecule has 7 heteroatoms. The third kappa shape index (κ3) is 3.44. The Kier molecular flexibility index (Phi) is 4.71. The monoisotopic (exact) mass is 416 g/mol. The molecule has 0 unspecified atom stereocenters. The molecule has 0 N–H and O–H groups in total. The zero-order valence-corrected chi connectivity index (χ0v) is 17.6. The van der Waals surface area contributed by atoms with Crippen molar-refractivity contribution >= 4 is 17.4 Å². The van der Waals surface area contributed by atoms with E-state index in [2.05, 4.69) is 38.9 Å². The van der Waals surface area contributed by atoms with Gasteiger partial charge >= 0.3 is 0 Å². The van der Waals surface area contributed by atoms with E-state index in [1.54, 1.807) is 18.7 Å². The molecule has 0 aromatic carbocycles. The third-order valence-electron chi connectivity index (χ3n) is 5.44. The van der Waals surface area contributed by atoms with Gasteiger partial charge in [-0.05, 0) is 42.7 Å². The van der Waals surface area contributed by atoms with Crippen LogP contribution in [-0.2, 0) is 13.0 Å². The van der Waals surface area contributed by atoms with Crippen LogP contribution in [-0.4, -0.2) is 31.0 Å². The molecule has 0 saturated carbocycles. The van der Waals surface area contributed by atoms with Gasteiger partial charge in [-0.1, -0.05) is 23.7 Å². The summed E-state index contributed by atoms with van der Waals surface area (Å²) in [5, 5.41) is 0.613. The molecule has 0 radical (unpaired) electrons. The Labute approximate surface area is 180 Å². The molecular formula is C23H21ClN6. The molecule has 0 saturated heterocycles. The van der Waals surface area contributed by atoms with Crippen LogP contribution in [0.25, 0.3) is 17.1 Å². The lowest BCUT2D eigenvalue weighted by molar-refractivity contribution is 0.699. The number of nitrogens with zero attached hydrogens (tertiary/aromatic N) is 6. The number of aromatic nitrogens is 5. The van der Waals surface area contributed by atoms with Crippen molar-refractivity contribution in [2.45, 2.75) is 26.8 Å². The van der Waals surface area contributed by atoms with Crippen molar-refractivity contribution in [2.24, 2.45) is 0 Å². The molecule has 0 fully saturated rings. The summed E-state index contributed by atoms with van der Waals surface area (Å²) >= 11 is 6.49. The highest BCUT2D eigenvalue weighted by molar-refractivity contribution is 6.33. The van der Waals surface area contributed by atoms with Crippen molar-refractivity contribution in [3.8, 4) is 17.1 Å². The van der Waals surface area contributed by atoms with Crippen molar-refractivity contribution < 1.29 is 0 Å². The van der Waals surface area contributed by atoms with E-state index in [1.165, 1.54) is 5.56 Å². The molecular weight excluding hydrogens is 396 g/mol. The molecule has 5 heterocycles. The van der Waals surface area contributed by atoms with Crippen LogP contribution in [0.5, 0.6) is 0 Å². The zero-order chi connectivity index (χ0) is 20.7. The van der Waals surface area contributed by atoms with Gasteiger partial charge in [-0.2, -0.15) is 0 Å². The molecule has 1 aliphatic heterocycles. The Balaban J connectivity index is 1.45. The predicted octanol–water partition coefficient (Wildman–Crippen LogP) is 4.56. The van der Waals surface area contributed by atoms with Crippen LogP contribution in [0.2, 0.25) is 5.02 Å². The van der Waals surface area contributed by atoms with Crippen molar-refractivity contribution in [2.75, 3.05) is 11.4 Å². The average molecular weight is 417 g/mol. The molecule has 0 bridgehead atoms. The maximum atomic E-state index is 6.49. The summed E-state index contributed by atoms with van der Waals surface area (Å²) in [5.74, 6) is 1.80. The summed E-state index contributed by atoms with van der Waals surface area (Å²) in [5.41, 5.74) is 6.40. The SMILES string of the molecule is Cc1cnc(-c2cc(N3CCc4nc(-n5ccnc5)ccc4C3)ncc2Cl)c(C)c1. The first-order valence-corrected chi connectivity index (χ1v) is 10.3. The van der Waals surface area contributed by atoms with Gasteiger partial charge in [0.15, 0.2) is 0 Å². The standard InChI is InChI=1S/C23H21ClN6/c1-15-9-16(2)23(27-11-15)18-10-22(26-12-19(18)24)29-7-5-20-17(13-29)3-4-21(28-20)30-8-6-25-14-30/h3-4,6,8-12,14H,5,7,13H2,1-2H3. The van der Waals surface area contributed by atoms with Crippen molar-refractivity contribution in [1.29, 1.82) is 0 Å². The fraction of sp³-hybridized carbons (Fsp3) is 0.217. The minimum atomic E-state index is 0.613. The first kappa shape index (κ1) is 18.8. The lowest BCUT2D eigenvalue weighted by Crippen LogP contribution is -2.31. The lowest BCUT2D eigenvalue weighted by atomic mass is 10.0.